The van der Waals surface area contributed by atoms with Crippen molar-refractivity contribution in [2.24, 2.45) is 0 Å². The van der Waals surface area contributed by atoms with E-state index in [4.69, 9.17) is 0 Å². The Morgan fingerprint density at radius 3 is 2.23 bits per heavy atom. The summed E-state index contributed by atoms with van der Waals surface area (Å²) < 4.78 is 0. The molecule has 1 heteroatoms. The summed E-state index contributed by atoms with van der Waals surface area (Å²) in [6.45, 7) is 2.25. The number of aryl methyl sites for hydroxylation is 1. The fourth-order valence-electron chi connectivity index (χ4n) is 2.61. The molecule has 2 rings (SSSR count). The summed E-state index contributed by atoms with van der Waals surface area (Å²) in [4.78, 5) is 2.33. The number of hydrogen-bond donors (Lipinski definition) is 0. The van der Waals surface area contributed by atoms with Gasteiger partial charge >= 0.3 is 0 Å². The molecule has 0 saturated carbocycles. The Morgan fingerprint density at radius 2 is 1.59 bits per heavy atom. The first-order valence-electron chi connectivity index (χ1n) is 8.33. The average molecular weight is 293 g/mol. The maximum atomic E-state index is 2.42. The van der Waals surface area contributed by atoms with Gasteiger partial charge in [0.25, 0.3) is 0 Å². The molecule has 0 aliphatic rings. The first kappa shape index (κ1) is 16.4. The van der Waals surface area contributed by atoms with Crippen LogP contribution in [0, 0.1) is 0 Å². The van der Waals surface area contributed by atoms with E-state index in [1.54, 1.807) is 0 Å². The minimum atomic E-state index is 1.08. The lowest BCUT2D eigenvalue weighted by atomic mass is 10.1. The highest BCUT2D eigenvalue weighted by molar-refractivity contribution is 5.50. The zero-order chi connectivity index (χ0) is 15.6. The van der Waals surface area contributed by atoms with E-state index in [1.165, 1.54) is 29.8 Å². The highest BCUT2D eigenvalue weighted by Crippen LogP contribution is 2.21. The minimum Gasteiger partial charge on any atom is -0.348 e. The molecule has 0 N–H and O–H groups in total. The molecule has 0 aromatic heterocycles. The molecule has 2 aromatic rings. The predicted octanol–water partition coefficient (Wildman–Crippen LogP) is 5.83. The largest absolute Gasteiger partial charge is 0.348 e. The number of anilines is 1. The van der Waals surface area contributed by atoms with Crippen molar-refractivity contribution in [3.8, 4) is 0 Å². The van der Waals surface area contributed by atoms with E-state index in [-0.39, 0.29) is 0 Å². The summed E-state index contributed by atoms with van der Waals surface area (Å²) in [5.74, 6) is 0. The number of para-hydroxylation sites is 1. The van der Waals surface area contributed by atoms with Crippen molar-refractivity contribution in [2.45, 2.75) is 39.0 Å². The first-order chi connectivity index (χ1) is 10.8. The van der Waals surface area contributed by atoms with Crippen molar-refractivity contribution < 1.29 is 0 Å². The number of nitrogens with zero attached hydrogens (tertiary/aromatic N) is 1. The lowest BCUT2D eigenvalue weighted by Crippen LogP contribution is -2.17. The van der Waals surface area contributed by atoms with Gasteiger partial charge in [-0.1, -0.05) is 74.4 Å². The first-order valence-corrected chi connectivity index (χ1v) is 8.33. The van der Waals surface area contributed by atoms with E-state index in [0.29, 0.717) is 0 Å². The molecule has 0 heterocycles. The van der Waals surface area contributed by atoms with Crippen molar-refractivity contribution in [1.29, 1.82) is 0 Å². The van der Waals surface area contributed by atoms with E-state index in [2.05, 4.69) is 85.6 Å². The van der Waals surface area contributed by atoms with Crippen LogP contribution in [0.25, 0.3) is 0 Å². The summed E-state index contributed by atoms with van der Waals surface area (Å²) in [5, 5.41) is 0. The molecule has 2 aromatic carbocycles. The van der Waals surface area contributed by atoms with Gasteiger partial charge in [0.1, 0.15) is 0 Å². The van der Waals surface area contributed by atoms with Crippen LogP contribution in [-0.2, 0) is 6.42 Å². The van der Waals surface area contributed by atoms with Crippen molar-refractivity contribution in [2.75, 3.05) is 11.9 Å². The van der Waals surface area contributed by atoms with Gasteiger partial charge in [0.15, 0.2) is 0 Å². The maximum absolute atomic E-state index is 2.42. The molecular formula is C21H27N. The van der Waals surface area contributed by atoms with E-state index in [0.717, 1.165) is 19.3 Å². The molecule has 22 heavy (non-hydrogen) atoms. The Balaban J connectivity index is 2.07. The van der Waals surface area contributed by atoms with Gasteiger partial charge in [-0.25, -0.2) is 0 Å². The third kappa shape index (κ3) is 5.07. The molecule has 0 radical (unpaired) electrons. The fourth-order valence-corrected chi connectivity index (χ4v) is 2.61. The molecule has 0 unspecified atom stereocenters. The van der Waals surface area contributed by atoms with Crippen LogP contribution in [-0.4, -0.2) is 7.05 Å². The minimum absolute atomic E-state index is 1.08. The predicted molar refractivity (Wildman–Crippen MR) is 97.2 cm³/mol. The highest BCUT2D eigenvalue weighted by atomic mass is 15.1. The molecule has 0 fully saturated rings. The molecule has 0 aliphatic carbocycles. The molecule has 1 nitrogen and oxygen atoms in total. The highest BCUT2D eigenvalue weighted by Gasteiger charge is 2.07. The second-order valence-corrected chi connectivity index (χ2v) is 5.72. The maximum Gasteiger partial charge on any atom is 0.0405 e. The Labute approximate surface area is 135 Å². The molecule has 0 aliphatic heterocycles. The number of unbranched alkanes of at least 4 members (excludes halogenated alkanes) is 2. The van der Waals surface area contributed by atoms with Crippen LogP contribution in [0.2, 0.25) is 0 Å². The molecule has 0 atom stereocenters. The van der Waals surface area contributed by atoms with Gasteiger partial charge in [0.2, 0.25) is 0 Å². The number of hydrogen-bond acceptors (Lipinski definition) is 1. The zero-order valence-electron chi connectivity index (χ0n) is 13.8. The Morgan fingerprint density at radius 1 is 0.955 bits per heavy atom. The topological polar surface area (TPSA) is 3.24 Å². The monoisotopic (exact) mass is 293 g/mol. The van der Waals surface area contributed by atoms with Crippen LogP contribution in [0.5, 0.6) is 0 Å². The molecule has 0 spiro atoms. The summed E-state index contributed by atoms with van der Waals surface area (Å²) in [6, 6.07) is 21.4. The van der Waals surface area contributed by atoms with E-state index in [9.17, 15) is 0 Å². The van der Waals surface area contributed by atoms with Gasteiger partial charge in [-0.2, -0.15) is 0 Å². The van der Waals surface area contributed by atoms with Crippen LogP contribution < -0.4 is 4.90 Å². The van der Waals surface area contributed by atoms with Crippen LogP contribution in [0.4, 0.5) is 5.69 Å². The van der Waals surface area contributed by atoms with Crippen molar-refractivity contribution in [3.63, 3.8) is 0 Å². The van der Waals surface area contributed by atoms with Gasteiger partial charge in [0, 0.05) is 18.4 Å². The summed E-state index contributed by atoms with van der Waals surface area (Å²) >= 11 is 0. The van der Waals surface area contributed by atoms with Crippen LogP contribution in [0.15, 0.2) is 72.4 Å². The smallest absolute Gasteiger partial charge is 0.0405 e. The molecule has 0 amide bonds. The average Bonchev–Trinajstić information content (AvgIpc) is 2.59. The lowest BCUT2D eigenvalue weighted by Gasteiger charge is -2.23. The van der Waals surface area contributed by atoms with E-state index in [1.807, 2.05) is 0 Å². The lowest BCUT2D eigenvalue weighted by molar-refractivity contribution is 0.794. The third-order valence-electron chi connectivity index (χ3n) is 4.02. The zero-order valence-corrected chi connectivity index (χ0v) is 13.8. The van der Waals surface area contributed by atoms with Crippen LogP contribution in [0.3, 0.4) is 0 Å². The van der Waals surface area contributed by atoms with Gasteiger partial charge < -0.3 is 4.90 Å². The van der Waals surface area contributed by atoms with Gasteiger partial charge in [-0.3, -0.25) is 0 Å². The third-order valence-corrected chi connectivity index (χ3v) is 4.02. The Hall–Kier alpha value is -2.02. The molecule has 0 bridgehead atoms. The SMILES string of the molecule is CCCC/C=C(/CCc1ccccc1)N(C)c1ccccc1. The fraction of sp³-hybridized carbons (Fsp3) is 0.333. The Bertz CT molecular complexity index is 557. The van der Waals surface area contributed by atoms with Gasteiger partial charge in [-0.05, 0) is 37.0 Å². The van der Waals surface area contributed by atoms with E-state index >= 15 is 0 Å². The quantitative estimate of drug-likeness (QED) is 0.553. The van der Waals surface area contributed by atoms with Crippen molar-refractivity contribution in [1.82, 2.24) is 0 Å². The molecular weight excluding hydrogens is 266 g/mol. The van der Waals surface area contributed by atoms with E-state index < -0.39 is 0 Å². The summed E-state index contributed by atoms with van der Waals surface area (Å²) in [7, 11) is 2.18. The summed E-state index contributed by atoms with van der Waals surface area (Å²) in [6.07, 6.45) is 8.27. The van der Waals surface area contributed by atoms with Crippen molar-refractivity contribution >= 4 is 5.69 Å². The normalized spacial score (nSPS) is 11.5. The molecule has 0 saturated heterocycles. The van der Waals surface area contributed by atoms with Gasteiger partial charge in [-0.15, -0.1) is 0 Å². The summed E-state index contributed by atoms with van der Waals surface area (Å²) in [5.41, 5.74) is 4.09. The van der Waals surface area contributed by atoms with Crippen LogP contribution >= 0.6 is 0 Å². The van der Waals surface area contributed by atoms with Crippen molar-refractivity contribution in [3.05, 3.63) is 78.0 Å². The Kier molecular flexibility index (Phi) is 6.76. The second-order valence-electron chi connectivity index (χ2n) is 5.72. The van der Waals surface area contributed by atoms with Gasteiger partial charge in [0.05, 0.1) is 0 Å². The molecule has 116 valence electrons. The standard InChI is InChI=1S/C21H27N/c1-3-4-7-14-21(18-17-19-12-8-5-9-13-19)22(2)20-15-10-6-11-16-20/h5-6,8-16H,3-4,7,17-18H2,1-2H3/b21-14-. The van der Waals surface area contributed by atoms with Crippen LogP contribution in [0.1, 0.15) is 38.2 Å². The number of rotatable bonds is 8. The number of benzene rings is 2. The number of allylic oxidation sites excluding steroid dienone is 2. The second kappa shape index (κ2) is 9.09.